The summed E-state index contributed by atoms with van der Waals surface area (Å²) in [6.07, 6.45) is 0. The van der Waals surface area contributed by atoms with Gasteiger partial charge in [-0.1, -0.05) is 22.0 Å². The van der Waals surface area contributed by atoms with Crippen LogP contribution in [0.5, 0.6) is 0 Å². The Kier molecular flexibility index (Phi) is 3.98. The molecule has 2 amide bonds. The number of anilines is 1. The van der Waals surface area contributed by atoms with E-state index in [-0.39, 0.29) is 25.0 Å². The van der Waals surface area contributed by atoms with E-state index in [1.54, 1.807) is 0 Å². The van der Waals surface area contributed by atoms with Gasteiger partial charge in [0.15, 0.2) is 0 Å². The number of halogens is 1. The monoisotopic (exact) mass is 312 g/mol. The molecule has 0 saturated carbocycles. The average molecular weight is 313 g/mol. The van der Waals surface area contributed by atoms with Crippen molar-refractivity contribution in [2.45, 2.75) is 13.0 Å². The zero-order valence-electron chi connectivity index (χ0n) is 9.83. The molecule has 0 bridgehead atoms. The summed E-state index contributed by atoms with van der Waals surface area (Å²) in [5.74, 6) is -0.551. The van der Waals surface area contributed by atoms with Crippen molar-refractivity contribution in [2.24, 2.45) is 0 Å². The third-order valence-electron chi connectivity index (χ3n) is 2.61. The molecule has 1 atom stereocenters. The van der Waals surface area contributed by atoms with Crippen molar-refractivity contribution in [2.75, 3.05) is 18.5 Å². The van der Waals surface area contributed by atoms with Crippen LogP contribution in [0, 0.1) is 6.92 Å². The van der Waals surface area contributed by atoms with Crippen LogP contribution in [-0.2, 0) is 14.3 Å². The van der Waals surface area contributed by atoms with E-state index in [2.05, 4.69) is 26.6 Å². The number of rotatable bonds is 2. The van der Waals surface area contributed by atoms with Gasteiger partial charge in [0, 0.05) is 10.2 Å². The smallest absolute Gasteiger partial charge is 0.249 e. The second kappa shape index (κ2) is 5.49. The Labute approximate surface area is 113 Å². The number of benzene rings is 1. The van der Waals surface area contributed by atoms with Crippen LogP contribution >= 0.6 is 15.9 Å². The van der Waals surface area contributed by atoms with Gasteiger partial charge in [0.2, 0.25) is 11.8 Å². The second-order valence-electron chi connectivity index (χ2n) is 4.09. The van der Waals surface area contributed by atoms with E-state index in [9.17, 15) is 9.59 Å². The summed E-state index contributed by atoms with van der Waals surface area (Å²) in [5.41, 5.74) is 1.76. The quantitative estimate of drug-likeness (QED) is 0.862. The van der Waals surface area contributed by atoms with E-state index >= 15 is 0 Å². The van der Waals surface area contributed by atoms with Gasteiger partial charge in [-0.3, -0.25) is 9.59 Å². The van der Waals surface area contributed by atoms with Crippen LogP contribution < -0.4 is 10.6 Å². The molecule has 6 heteroatoms. The number of ether oxygens (including phenoxy) is 1. The molecule has 0 aliphatic carbocycles. The Bertz CT molecular complexity index is 490. The number of carbonyl (C=O) groups excluding carboxylic acids is 2. The molecule has 2 N–H and O–H groups in total. The lowest BCUT2D eigenvalue weighted by atomic mass is 10.2. The fourth-order valence-electron chi connectivity index (χ4n) is 1.59. The molecular formula is C12H13BrN2O3. The maximum absolute atomic E-state index is 11.9. The average Bonchev–Trinajstić information content (AvgIpc) is 2.34. The molecule has 18 heavy (non-hydrogen) atoms. The number of carbonyl (C=O) groups is 2. The van der Waals surface area contributed by atoms with Crippen LogP contribution in [0.3, 0.4) is 0 Å². The van der Waals surface area contributed by atoms with E-state index in [0.717, 1.165) is 10.0 Å². The van der Waals surface area contributed by atoms with Crippen LogP contribution in [0.2, 0.25) is 0 Å². The van der Waals surface area contributed by atoms with Crippen LogP contribution in [0.4, 0.5) is 5.69 Å². The minimum Gasteiger partial charge on any atom is -0.369 e. The second-order valence-corrected chi connectivity index (χ2v) is 4.94. The van der Waals surface area contributed by atoms with Gasteiger partial charge >= 0.3 is 0 Å². The molecule has 1 heterocycles. The number of hydrogen-bond donors (Lipinski definition) is 2. The fraction of sp³-hybridized carbons (Fsp3) is 0.333. The SMILES string of the molecule is Cc1ccc(NC(=O)C2COCC(=O)N2)cc1Br. The predicted molar refractivity (Wildman–Crippen MR) is 70.3 cm³/mol. The minimum absolute atomic E-state index is 0.0137. The van der Waals surface area contributed by atoms with Crippen molar-refractivity contribution in [1.82, 2.24) is 5.32 Å². The van der Waals surface area contributed by atoms with Gasteiger partial charge in [0.05, 0.1) is 6.61 Å². The van der Waals surface area contributed by atoms with Gasteiger partial charge in [-0.2, -0.15) is 0 Å². The molecule has 5 nitrogen and oxygen atoms in total. The van der Waals surface area contributed by atoms with E-state index in [0.29, 0.717) is 5.69 Å². The van der Waals surface area contributed by atoms with Crippen molar-refractivity contribution in [1.29, 1.82) is 0 Å². The van der Waals surface area contributed by atoms with Crippen molar-refractivity contribution in [3.8, 4) is 0 Å². The number of hydrogen-bond acceptors (Lipinski definition) is 3. The maximum atomic E-state index is 11.9. The molecule has 1 saturated heterocycles. The van der Waals surface area contributed by atoms with Gasteiger partial charge in [0.25, 0.3) is 0 Å². The summed E-state index contributed by atoms with van der Waals surface area (Å²) in [7, 11) is 0. The fourth-order valence-corrected chi connectivity index (χ4v) is 1.97. The summed E-state index contributed by atoms with van der Waals surface area (Å²) < 4.78 is 5.93. The number of amides is 2. The highest BCUT2D eigenvalue weighted by Gasteiger charge is 2.25. The minimum atomic E-state index is -0.633. The standard InChI is InChI=1S/C12H13BrN2O3/c1-7-2-3-8(4-9(7)13)14-12(17)10-5-18-6-11(16)15-10/h2-4,10H,5-6H2,1H3,(H,14,17)(H,15,16). The summed E-state index contributed by atoms with van der Waals surface area (Å²) in [6.45, 7) is 2.18. The topological polar surface area (TPSA) is 67.4 Å². The Morgan fingerprint density at radius 3 is 3.00 bits per heavy atom. The van der Waals surface area contributed by atoms with E-state index < -0.39 is 6.04 Å². The molecule has 1 aliphatic rings. The Balaban J connectivity index is 2.02. The van der Waals surface area contributed by atoms with Gasteiger partial charge in [-0.15, -0.1) is 0 Å². The lowest BCUT2D eigenvalue weighted by Crippen LogP contribution is -2.51. The molecule has 1 aliphatic heterocycles. The summed E-state index contributed by atoms with van der Waals surface area (Å²) in [6, 6.07) is 4.89. The highest BCUT2D eigenvalue weighted by Crippen LogP contribution is 2.20. The summed E-state index contributed by atoms with van der Waals surface area (Å²) >= 11 is 3.40. The van der Waals surface area contributed by atoms with Crippen LogP contribution in [0.15, 0.2) is 22.7 Å². The maximum Gasteiger partial charge on any atom is 0.249 e. The van der Waals surface area contributed by atoms with Gasteiger partial charge in [-0.05, 0) is 24.6 Å². The first-order chi connectivity index (χ1) is 8.56. The highest BCUT2D eigenvalue weighted by molar-refractivity contribution is 9.10. The molecule has 0 aromatic heterocycles. The van der Waals surface area contributed by atoms with E-state index in [4.69, 9.17) is 4.74 Å². The first-order valence-corrected chi connectivity index (χ1v) is 6.29. The van der Waals surface area contributed by atoms with Crippen LogP contribution in [0.1, 0.15) is 5.56 Å². The third kappa shape index (κ3) is 3.08. The zero-order chi connectivity index (χ0) is 13.1. The Morgan fingerprint density at radius 1 is 1.56 bits per heavy atom. The molecule has 1 aromatic carbocycles. The lowest BCUT2D eigenvalue weighted by Gasteiger charge is -2.22. The number of nitrogens with one attached hydrogen (secondary N) is 2. The molecule has 0 radical (unpaired) electrons. The molecule has 1 aromatic rings. The normalized spacial score (nSPS) is 19.2. The summed E-state index contributed by atoms with van der Waals surface area (Å²) in [5, 5.41) is 5.31. The molecule has 1 unspecified atom stereocenters. The highest BCUT2D eigenvalue weighted by atomic mass is 79.9. The van der Waals surface area contributed by atoms with Crippen LogP contribution in [-0.4, -0.2) is 31.1 Å². The zero-order valence-corrected chi connectivity index (χ0v) is 11.4. The van der Waals surface area contributed by atoms with Crippen molar-refractivity contribution < 1.29 is 14.3 Å². The Hall–Kier alpha value is -1.40. The van der Waals surface area contributed by atoms with Crippen LogP contribution in [0.25, 0.3) is 0 Å². The van der Waals surface area contributed by atoms with Crippen molar-refractivity contribution >= 4 is 33.4 Å². The number of aryl methyl sites for hydroxylation is 1. The molecule has 0 spiro atoms. The molecular weight excluding hydrogens is 300 g/mol. The first-order valence-electron chi connectivity index (χ1n) is 5.50. The Morgan fingerprint density at radius 2 is 2.33 bits per heavy atom. The van der Waals surface area contributed by atoms with E-state index in [1.807, 2.05) is 25.1 Å². The first kappa shape index (κ1) is 13.0. The molecule has 2 rings (SSSR count). The lowest BCUT2D eigenvalue weighted by molar-refractivity contribution is -0.136. The third-order valence-corrected chi connectivity index (χ3v) is 3.46. The predicted octanol–water partition coefficient (Wildman–Crippen LogP) is 1.21. The van der Waals surface area contributed by atoms with Crippen molar-refractivity contribution in [3.63, 3.8) is 0 Å². The largest absolute Gasteiger partial charge is 0.369 e. The van der Waals surface area contributed by atoms with E-state index in [1.165, 1.54) is 0 Å². The molecule has 1 fully saturated rings. The van der Waals surface area contributed by atoms with Gasteiger partial charge in [-0.25, -0.2) is 0 Å². The number of morpholine rings is 1. The van der Waals surface area contributed by atoms with Gasteiger partial charge in [0.1, 0.15) is 12.6 Å². The molecule has 96 valence electrons. The summed E-state index contributed by atoms with van der Waals surface area (Å²) in [4.78, 5) is 23.0. The van der Waals surface area contributed by atoms with Gasteiger partial charge < -0.3 is 15.4 Å². The van der Waals surface area contributed by atoms with Crippen molar-refractivity contribution in [3.05, 3.63) is 28.2 Å².